The fourth-order valence-electron chi connectivity index (χ4n) is 3.12. The van der Waals surface area contributed by atoms with Crippen LogP contribution in [0.3, 0.4) is 0 Å². The maximum atomic E-state index is 6.16. The highest BCUT2D eigenvalue weighted by Crippen LogP contribution is 2.32. The second-order valence-electron chi connectivity index (χ2n) is 5.90. The molecule has 0 amide bonds. The quantitative estimate of drug-likeness (QED) is 0.877. The van der Waals surface area contributed by atoms with Gasteiger partial charge in [-0.25, -0.2) is 0 Å². The number of halogens is 1. The van der Waals surface area contributed by atoms with Gasteiger partial charge in [-0.2, -0.15) is 0 Å². The van der Waals surface area contributed by atoms with Crippen LogP contribution < -0.4 is 10.5 Å². The highest BCUT2D eigenvalue weighted by Gasteiger charge is 2.18. The molecular weight excluding hydrogens is 294 g/mol. The van der Waals surface area contributed by atoms with E-state index in [0.717, 1.165) is 17.7 Å². The molecule has 0 saturated heterocycles. The number of hydrogen-bond donors (Lipinski definition) is 1. The Balaban J connectivity index is 2.40. The minimum atomic E-state index is 0.189. The molecule has 0 saturated carbocycles. The van der Waals surface area contributed by atoms with Gasteiger partial charge in [-0.3, -0.25) is 0 Å². The molecule has 2 N–H and O–H groups in total. The molecule has 2 rings (SSSR count). The zero-order valence-corrected chi connectivity index (χ0v) is 14.5. The van der Waals surface area contributed by atoms with E-state index in [0.29, 0.717) is 11.6 Å². The van der Waals surface area contributed by atoms with Crippen LogP contribution in [0.15, 0.2) is 30.3 Å². The number of methoxy groups -OCH3 is 1. The first-order valence-electron chi connectivity index (χ1n) is 7.56. The summed E-state index contributed by atoms with van der Waals surface area (Å²) in [5.41, 5.74) is 12.4. The van der Waals surface area contributed by atoms with Gasteiger partial charge < -0.3 is 10.5 Å². The summed E-state index contributed by atoms with van der Waals surface area (Å²) in [6.45, 7) is 7.02. The Bertz CT molecular complexity index is 643. The maximum Gasteiger partial charge on any atom is 0.122 e. The summed E-state index contributed by atoms with van der Waals surface area (Å²) in [5, 5.41) is 0.714. The summed E-state index contributed by atoms with van der Waals surface area (Å²) in [6.07, 6.45) is 0.894. The molecule has 3 heteroatoms. The molecule has 0 aliphatic heterocycles. The normalized spacial score (nSPS) is 12.3. The van der Waals surface area contributed by atoms with Gasteiger partial charge in [0.2, 0.25) is 0 Å². The van der Waals surface area contributed by atoms with Crippen LogP contribution in [-0.2, 0) is 6.42 Å². The predicted molar refractivity (Wildman–Crippen MR) is 94.2 cm³/mol. The minimum absolute atomic E-state index is 0.189. The van der Waals surface area contributed by atoms with Crippen molar-refractivity contribution in [1.82, 2.24) is 0 Å². The number of rotatable bonds is 5. The number of nitrogens with two attached hydrogens (primary N) is 1. The van der Waals surface area contributed by atoms with Crippen molar-refractivity contribution in [2.45, 2.75) is 33.1 Å². The Morgan fingerprint density at radius 1 is 1.09 bits per heavy atom. The SMILES string of the molecule is COc1ccc(Cl)cc1C(CN)Cc1c(C)cc(C)cc1C. The van der Waals surface area contributed by atoms with Gasteiger partial charge in [0, 0.05) is 16.5 Å². The second kappa shape index (κ2) is 7.17. The topological polar surface area (TPSA) is 35.2 Å². The Hall–Kier alpha value is -1.51. The van der Waals surface area contributed by atoms with Crippen molar-refractivity contribution in [3.05, 3.63) is 63.2 Å². The van der Waals surface area contributed by atoms with Crippen LogP contribution in [0.2, 0.25) is 5.02 Å². The molecule has 0 heterocycles. The monoisotopic (exact) mass is 317 g/mol. The Morgan fingerprint density at radius 3 is 2.27 bits per heavy atom. The van der Waals surface area contributed by atoms with Crippen molar-refractivity contribution >= 4 is 11.6 Å². The van der Waals surface area contributed by atoms with Crippen LogP contribution in [-0.4, -0.2) is 13.7 Å². The molecule has 1 unspecified atom stereocenters. The summed E-state index contributed by atoms with van der Waals surface area (Å²) in [4.78, 5) is 0. The van der Waals surface area contributed by atoms with Gasteiger partial charge in [0.25, 0.3) is 0 Å². The van der Waals surface area contributed by atoms with E-state index < -0.39 is 0 Å². The molecule has 2 nitrogen and oxygen atoms in total. The molecule has 0 radical (unpaired) electrons. The molecule has 0 aliphatic carbocycles. The van der Waals surface area contributed by atoms with Crippen molar-refractivity contribution in [2.75, 3.05) is 13.7 Å². The molecule has 0 fully saturated rings. The van der Waals surface area contributed by atoms with Crippen LogP contribution in [0, 0.1) is 20.8 Å². The first-order valence-corrected chi connectivity index (χ1v) is 7.94. The second-order valence-corrected chi connectivity index (χ2v) is 6.34. The molecule has 0 bridgehead atoms. The summed E-state index contributed by atoms with van der Waals surface area (Å²) < 4.78 is 5.49. The van der Waals surface area contributed by atoms with Crippen molar-refractivity contribution in [2.24, 2.45) is 5.73 Å². The van der Waals surface area contributed by atoms with Gasteiger partial charge >= 0.3 is 0 Å². The predicted octanol–water partition coefficient (Wildman–Crippen LogP) is 4.56. The van der Waals surface area contributed by atoms with Gasteiger partial charge in [-0.15, -0.1) is 0 Å². The third-order valence-corrected chi connectivity index (χ3v) is 4.44. The van der Waals surface area contributed by atoms with Gasteiger partial charge in [0.1, 0.15) is 5.75 Å². The van der Waals surface area contributed by atoms with Gasteiger partial charge in [-0.05, 0) is 68.6 Å². The molecule has 2 aromatic carbocycles. The van der Waals surface area contributed by atoms with Crippen LogP contribution in [0.5, 0.6) is 5.75 Å². The van der Waals surface area contributed by atoms with Crippen LogP contribution in [0.4, 0.5) is 0 Å². The van der Waals surface area contributed by atoms with E-state index in [1.54, 1.807) is 7.11 Å². The molecule has 1 atom stereocenters. The molecule has 0 spiro atoms. The van der Waals surface area contributed by atoms with E-state index >= 15 is 0 Å². The number of benzene rings is 2. The highest BCUT2D eigenvalue weighted by atomic mass is 35.5. The first-order chi connectivity index (χ1) is 10.5. The molecule has 0 aliphatic rings. The van der Waals surface area contributed by atoms with E-state index in [2.05, 4.69) is 32.9 Å². The van der Waals surface area contributed by atoms with E-state index in [4.69, 9.17) is 22.1 Å². The largest absolute Gasteiger partial charge is 0.496 e. The van der Waals surface area contributed by atoms with E-state index in [9.17, 15) is 0 Å². The maximum absolute atomic E-state index is 6.16. The van der Waals surface area contributed by atoms with Gasteiger partial charge in [-0.1, -0.05) is 29.3 Å². The minimum Gasteiger partial charge on any atom is -0.496 e. The Kier molecular flexibility index (Phi) is 5.49. The summed E-state index contributed by atoms with van der Waals surface area (Å²) in [6, 6.07) is 10.2. The third kappa shape index (κ3) is 3.63. The lowest BCUT2D eigenvalue weighted by Gasteiger charge is -2.21. The lowest BCUT2D eigenvalue weighted by atomic mass is 9.87. The Labute approximate surface area is 138 Å². The zero-order valence-electron chi connectivity index (χ0n) is 13.7. The third-order valence-electron chi connectivity index (χ3n) is 4.21. The lowest BCUT2D eigenvalue weighted by molar-refractivity contribution is 0.405. The van der Waals surface area contributed by atoms with E-state index in [1.807, 2.05) is 18.2 Å². The first kappa shape index (κ1) is 16.9. The van der Waals surface area contributed by atoms with E-state index in [1.165, 1.54) is 22.3 Å². The summed E-state index contributed by atoms with van der Waals surface area (Å²) in [5.74, 6) is 1.04. The lowest BCUT2D eigenvalue weighted by Crippen LogP contribution is -2.17. The zero-order chi connectivity index (χ0) is 16.3. The smallest absolute Gasteiger partial charge is 0.122 e. The fourth-order valence-corrected chi connectivity index (χ4v) is 3.30. The van der Waals surface area contributed by atoms with Crippen LogP contribution in [0.1, 0.15) is 33.7 Å². The number of ether oxygens (including phenoxy) is 1. The summed E-state index contributed by atoms with van der Waals surface area (Å²) >= 11 is 6.16. The summed E-state index contributed by atoms with van der Waals surface area (Å²) in [7, 11) is 1.68. The van der Waals surface area contributed by atoms with Crippen molar-refractivity contribution < 1.29 is 4.74 Å². The van der Waals surface area contributed by atoms with E-state index in [-0.39, 0.29) is 5.92 Å². The molecule has 22 heavy (non-hydrogen) atoms. The van der Waals surface area contributed by atoms with Crippen molar-refractivity contribution in [3.63, 3.8) is 0 Å². The molecule has 2 aromatic rings. The number of hydrogen-bond acceptors (Lipinski definition) is 2. The molecule has 0 aromatic heterocycles. The van der Waals surface area contributed by atoms with Crippen molar-refractivity contribution in [3.8, 4) is 5.75 Å². The average molecular weight is 318 g/mol. The average Bonchev–Trinajstić information content (AvgIpc) is 2.46. The Morgan fingerprint density at radius 2 is 1.73 bits per heavy atom. The standard InChI is InChI=1S/C19H24ClNO/c1-12-7-13(2)17(14(3)8-12)9-15(11-21)18-10-16(20)5-6-19(18)22-4/h5-8,10,15H,9,11,21H2,1-4H3. The van der Waals surface area contributed by atoms with Gasteiger partial charge in [0.05, 0.1) is 7.11 Å². The van der Waals surface area contributed by atoms with Crippen molar-refractivity contribution in [1.29, 1.82) is 0 Å². The van der Waals surface area contributed by atoms with Gasteiger partial charge in [0.15, 0.2) is 0 Å². The molecule has 118 valence electrons. The highest BCUT2D eigenvalue weighted by molar-refractivity contribution is 6.30. The molecular formula is C19H24ClNO. The van der Waals surface area contributed by atoms with Crippen LogP contribution in [0.25, 0.3) is 0 Å². The van der Waals surface area contributed by atoms with Crippen LogP contribution >= 0.6 is 11.6 Å². The number of aryl methyl sites for hydroxylation is 3. The fraction of sp³-hybridized carbons (Fsp3) is 0.368.